The van der Waals surface area contributed by atoms with Gasteiger partial charge in [0.2, 0.25) is 0 Å². The Hall–Kier alpha value is -2.38. The van der Waals surface area contributed by atoms with Crippen LogP contribution in [0, 0.1) is 20.8 Å². The van der Waals surface area contributed by atoms with Crippen LogP contribution in [-0.4, -0.2) is 22.5 Å². The SMILES string of the molecule is Cc1cccc(C)c1CNc1cc(S(=O)(=O)O)cc2c1nc(C)n2C. The number of anilines is 1. The third-order valence-electron chi connectivity index (χ3n) is 4.58. The van der Waals surface area contributed by atoms with Crippen LogP contribution in [0.2, 0.25) is 0 Å². The quantitative estimate of drug-likeness (QED) is 0.698. The Morgan fingerprint density at radius 1 is 1.16 bits per heavy atom. The van der Waals surface area contributed by atoms with Gasteiger partial charge in [0.1, 0.15) is 11.3 Å². The molecule has 0 spiro atoms. The van der Waals surface area contributed by atoms with Gasteiger partial charge in [0.15, 0.2) is 0 Å². The zero-order chi connectivity index (χ0) is 18.4. The Morgan fingerprint density at radius 3 is 2.40 bits per heavy atom. The third-order valence-corrected chi connectivity index (χ3v) is 5.41. The number of aromatic nitrogens is 2. The van der Waals surface area contributed by atoms with Gasteiger partial charge < -0.3 is 9.88 Å². The van der Waals surface area contributed by atoms with E-state index in [9.17, 15) is 13.0 Å². The summed E-state index contributed by atoms with van der Waals surface area (Å²) in [5.74, 6) is 0.762. The minimum Gasteiger partial charge on any atom is -0.379 e. The number of hydrogen-bond acceptors (Lipinski definition) is 4. The lowest BCUT2D eigenvalue weighted by atomic mass is 10.0. The van der Waals surface area contributed by atoms with Gasteiger partial charge in [-0.3, -0.25) is 4.55 Å². The van der Waals surface area contributed by atoms with Crippen molar-refractivity contribution in [2.45, 2.75) is 32.2 Å². The molecule has 1 heterocycles. The van der Waals surface area contributed by atoms with E-state index in [-0.39, 0.29) is 4.90 Å². The fourth-order valence-corrected chi connectivity index (χ4v) is 3.50. The van der Waals surface area contributed by atoms with Crippen molar-refractivity contribution in [2.24, 2.45) is 7.05 Å². The number of fused-ring (bicyclic) bond motifs is 1. The summed E-state index contributed by atoms with van der Waals surface area (Å²) >= 11 is 0. The van der Waals surface area contributed by atoms with Gasteiger partial charge in [-0.1, -0.05) is 18.2 Å². The first-order valence-electron chi connectivity index (χ1n) is 7.92. The number of imidazole rings is 1. The molecule has 0 aliphatic heterocycles. The summed E-state index contributed by atoms with van der Waals surface area (Å²) in [6.45, 7) is 6.47. The smallest absolute Gasteiger partial charge is 0.294 e. The maximum atomic E-state index is 11.6. The molecule has 0 radical (unpaired) electrons. The zero-order valence-corrected chi connectivity index (χ0v) is 15.5. The summed E-state index contributed by atoms with van der Waals surface area (Å²) in [6, 6.07) is 8.96. The van der Waals surface area contributed by atoms with Crippen molar-refractivity contribution in [3.63, 3.8) is 0 Å². The summed E-state index contributed by atoms with van der Waals surface area (Å²) in [5, 5.41) is 3.29. The molecule has 0 bridgehead atoms. The number of nitrogens with one attached hydrogen (secondary N) is 1. The lowest BCUT2D eigenvalue weighted by Crippen LogP contribution is -2.06. The molecule has 3 rings (SSSR count). The summed E-state index contributed by atoms with van der Waals surface area (Å²) in [5.41, 5.74) is 5.38. The Bertz CT molecular complexity index is 1050. The Balaban J connectivity index is 2.10. The van der Waals surface area contributed by atoms with Crippen molar-refractivity contribution in [2.75, 3.05) is 5.32 Å². The molecule has 2 aromatic carbocycles. The minimum atomic E-state index is -4.30. The Morgan fingerprint density at radius 2 is 1.80 bits per heavy atom. The molecule has 7 heteroatoms. The van der Waals surface area contributed by atoms with Crippen LogP contribution in [0.5, 0.6) is 0 Å². The number of benzene rings is 2. The van der Waals surface area contributed by atoms with Gasteiger partial charge in [-0.15, -0.1) is 0 Å². The van der Waals surface area contributed by atoms with Crippen LogP contribution in [0.3, 0.4) is 0 Å². The van der Waals surface area contributed by atoms with E-state index in [0.717, 1.165) is 22.5 Å². The maximum absolute atomic E-state index is 11.6. The normalized spacial score (nSPS) is 11.9. The van der Waals surface area contributed by atoms with Crippen molar-refractivity contribution < 1.29 is 13.0 Å². The minimum absolute atomic E-state index is 0.146. The molecule has 0 amide bonds. The predicted octanol–water partition coefficient (Wildman–Crippen LogP) is 3.36. The third kappa shape index (κ3) is 3.25. The second kappa shape index (κ2) is 6.16. The summed E-state index contributed by atoms with van der Waals surface area (Å²) in [7, 11) is -2.49. The van der Waals surface area contributed by atoms with Crippen LogP contribution in [0.15, 0.2) is 35.2 Å². The van der Waals surface area contributed by atoms with Crippen LogP contribution in [0.25, 0.3) is 11.0 Å². The molecule has 132 valence electrons. The first kappa shape index (κ1) is 17.4. The van der Waals surface area contributed by atoms with E-state index < -0.39 is 10.1 Å². The predicted molar refractivity (Wildman–Crippen MR) is 98.5 cm³/mol. The molecule has 1 aromatic heterocycles. The van der Waals surface area contributed by atoms with Crippen molar-refractivity contribution >= 4 is 26.8 Å². The molecular formula is C18H21N3O3S. The van der Waals surface area contributed by atoms with E-state index in [1.807, 2.05) is 46.0 Å². The highest BCUT2D eigenvalue weighted by molar-refractivity contribution is 7.85. The topological polar surface area (TPSA) is 84.2 Å². The van der Waals surface area contributed by atoms with E-state index in [4.69, 9.17) is 0 Å². The average molecular weight is 359 g/mol. The highest BCUT2D eigenvalue weighted by Crippen LogP contribution is 2.28. The fourth-order valence-electron chi connectivity index (χ4n) is 2.97. The molecule has 3 aromatic rings. The van der Waals surface area contributed by atoms with Crippen LogP contribution in [0.4, 0.5) is 5.69 Å². The van der Waals surface area contributed by atoms with Crippen LogP contribution >= 0.6 is 0 Å². The van der Waals surface area contributed by atoms with E-state index in [2.05, 4.69) is 10.3 Å². The molecule has 2 N–H and O–H groups in total. The van der Waals surface area contributed by atoms with Gasteiger partial charge in [-0.2, -0.15) is 8.42 Å². The van der Waals surface area contributed by atoms with Gasteiger partial charge in [0, 0.05) is 13.6 Å². The number of hydrogen-bond donors (Lipinski definition) is 2. The summed E-state index contributed by atoms with van der Waals surface area (Å²) in [6.07, 6.45) is 0. The van der Waals surface area contributed by atoms with E-state index in [1.54, 1.807) is 4.57 Å². The maximum Gasteiger partial charge on any atom is 0.294 e. The lowest BCUT2D eigenvalue weighted by molar-refractivity contribution is 0.483. The molecule has 0 aliphatic carbocycles. The lowest BCUT2D eigenvalue weighted by Gasteiger charge is -2.13. The summed E-state index contributed by atoms with van der Waals surface area (Å²) in [4.78, 5) is 4.37. The van der Waals surface area contributed by atoms with Crippen molar-refractivity contribution in [3.8, 4) is 0 Å². The Labute approximate surface area is 147 Å². The van der Waals surface area contributed by atoms with Crippen molar-refractivity contribution in [1.82, 2.24) is 9.55 Å². The largest absolute Gasteiger partial charge is 0.379 e. The number of rotatable bonds is 4. The van der Waals surface area contributed by atoms with Gasteiger partial charge in [0.05, 0.1) is 16.1 Å². The molecule has 0 unspecified atom stereocenters. The van der Waals surface area contributed by atoms with Crippen molar-refractivity contribution in [3.05, 3.63) is 52.8 Å². The van der Waals surface area contributed by atoms with E-state index in [0.29, 0.717) is 23.3 Å². The first-order chi connectivity index (χ1) is 11.7. The van der Waals surface area contributed by atoms with Gasteiger partial charge in [-0.25, -0.2) is 4.98 Å². The molecule has 0 atom stereocenters. The average Bonchev–Trinajstić information content (AvgIpc) is 2.81. The monoisotopic (exact) mass is 359 g/mol. The molecule has 0 saturated heterocycles. The van der Waals surface area contributed by atoms with Gasteiger partial charge in [-0.05, 0) is 49.6 Å². The highest BCUT2D eigenvalue weighted by Gasteiger charge is 2.17. The van der Waals surface area contributed by atoms with E-state index in [1.165, 1.54) is 12.1 Å². The van der Waals surface area contributed by atoms with Crippen LogP contribution < -0.4 is 5.32 Å². The van der Waals surface area contributed by atoms with Crippen LogP contribution in [-0.2, 0) is 23.7 Å². The molecule has 0 fully saturated rings. The standard InChI is InChI=1S/C18H21N3O3S/c1-11-6-5-7-12(2)15(11)10-19-16-8-14(25(22,23)24)9-17-18(16)20-13(3)21(17)4/h5-9,19H,10H2,1-4H3,(H,22,23,24). The molecule has 6 nitrogen and oxygen atoms in total. The Kier molecular flexibility index (Phi) is 4.30. The highest BCUT2D eigenvalue weighted by atomic mass is 32.2. The number of nitrogens with zero attached hydrogens (tertiary/aromatic N) is 2. The van der Waals surface area contributed by atoms with Gasteiger partial charge in [0.25, 0.3) is 10.1 Å². The fraction of sp³-hybridized carbons (Fsp3) is 0.278. The second-order valence-corrected chi connectivity index (χ2v) is 7.68. The summed E-state index contributed by atoms with van der Waals surface area (Å²) < 4.78 is 34.5. The van der Waals surface area contributed by atoms with Gasteiger partial charge >= 0.3 is 0 Å². The van der Waals surface area contributed by atoms with Crippen LogP contribution in [0.1, 0.15) is 22.5 Å². The zero-order valence-electron chi connectivity index (χ0n) is 14.7. The van der Waals surface area contributed by atoms with Crippen molar-refractivity contribution in [1.29, 1.82) is 0 Å². The first-order valence-corrected chi connectivity index (χ1v) is 9.36. The molecule has 0 saturated carbocycles. The van der Waals surface area contributed by atoms with E-state index >= 15 is 0 Å². The molecule has 25 heavy (non-hydrogen) atoms. The second-order valence-electron chi connectivity index (χ2n) is 6.26. The molecular weight excluding hydrogens is 338 g/mol. The number of aryl methyl sites for hydroxylation is 4. The molecule has 0 aliphatic rings.